The number of alkyl halides is 3. The molecule has 0 aromatic carbocycles. The van der Waals surface area contributed by atoms with Crippen molar-refractivity contribution in [3.8, 4) is 0 Å². The van der Waals surface area contributed by atoms with Gasteiger partial charge in [-0.3, -0.25) is 0 Å². The summed E-state index contributed by atoms with van der Waals surface area (Å²) in [5.41, 5.74) is -0.577. The summed E-state index contributed by atoms with van der Waals surface area (Å²) in [6.07, 6.45) is -3.21. The summed E-state index contributed by atoms with van der Waals surface area (Å²) >= 11 is 0. The van der Waals surface area contributed by atoms with Gasteiger partial charge in [-0.25, -0.2) is 4.39 Å². The van der Waals surface area contributed by atoms with Crippen LogP contribution in [0, 0.1) is 5.92 Å². The van der Waals surface area contributed by atoms with Gasteiger partial charge in [-0.15, -0.1) is 0 Å². The molecule has 0 spiro atoms. The van der Waals surface area contributed by atoms with E-state index in [2.05, 4.69) is 0 Å². The van der Waals surface area contributed by atoms with E-state index in [9.17, 15) is 17.6 Å². The SMILES string of the molecule is CC/C(=C\C(=C(/C)F)C(F)(F)F)C(C)C. The number of rotatable bonds is 3. The molecular weight excluding hydrogens is 208 g/mol. The highest BCUT2D eigenvalue weighted by molar-refractivity contribution is 5.30. The predicted octanol–water partition coefficient (Wildman–Crippen LogP) is 4.78. The molecule has 0 aliphatic rings. The average Bonchev–Trinajstić information content (AvgIpc) is 2.01. The lowest BCUT2D eigenvalue weighted by Crippen LogP contribution is -2.12. The fourth-order valence-corrected chi connectivity index (χ4v) is 1.24. The Kier molecular flexibility index (Phi) is 5.05. The number of halogens is 4. The molecule has 0 aliphatic carbocycles. The van der Waals surface area contributed by atoms with Gasteiger partial charge in [-0.05, 0) is 25.3 Å². The molecule has 0 unspecified atom stereocenters. The largest absolute Gasteiger partial charge is 0.418 e. The third kappa shape index (κ3) is 4.49. The molecule has 0 saturated carbocycles. The Morgan fingerprint density at radius 1 is 1.27 bits per heavy atom. The van der Waals surface area contributed by atoms with Gasteiger partial charge in [-0.2, -0.15) is 13.2 Å². The van der Waals surface area contributed by atoms with Gasteiger partial charge in [-0.1, -0.05) is 26.3 Å². The van der Waals surface area contributed by atoms with Crippen molar-refractivity contribution >= 4 is 0 Å². The van der Waals surface area contributed by atoms with E-state index >= 15 is 0 Å². The van der Waals surface area contributed by atoms with Crippen LogP contribution in [0.15, 0.2) is 23.0 Å². The van der Waals surface area contributed by atoms with Gasteiger partial charge in [0, 0.05) is 0 Å². The Balaban J connectivity index is 5.26. The van der Waals surface area contributed by atoms with Crippen LogP contribution in [0.5, 0.6) is 0 Å². The molecule has 0 aromatic heterocycles. The Bertz CT molecular complexity index is 265. The summed E-state index contributed by atoms with van der Waals surface area (Å²) in [5, 5.41) is 0. The summed E-state index contributed by atoms with van der Waals surface area (Å²) in [6.45, 7) is 6.16. The summed E-state index contributed by atoms with van der Waals surface area (Å²) in [6, 6.07) is 0. The molecule has 0 saturated heterocycles. The van der Waals surface area contributed by atoms with E-state index in [0.717, 1.165) is 13.0 Å². The van der Waals surface area contributed by atoms with Gasteiger partial charge in [0.2, 0.25) is 0 Å². The van der Waals surface area contributed by atoms with Gasteiger partial charge in [0.1, 0.15) is 5.83 Å². The van der Waals surface area contributed by atoms with E-state index in [1.54, 1.807) is 20.8 Å². The second-order valence-corrected chi connectivity index (χ2v) is 3.67. The highest BCUT2D eigenvalue weighted by atomic mass is 19.4. The molecule has 0 rings (SSSR count). The third-order valence-electron chi connectivity index (χ3n) is 2.16. The van der Waals surface area contributed by atoms with E-state index in [4.69, 9.17) is 0 Å². The Morgan fingerprint density at radius 3 is 1.93 bits per heavy atom. The second-order valence-electron chi connectivity index (χ2n) is 3.67. The van der Waals surface area contributed by atoms with Crippen LogP contribution in [0.1, 0.15) is 34.1 Å². The van der Waals surface area contributed by atoms with E-state index in [1.165, 1.54) is 0 Å². The molecule has 0 amide bonds. The molecule has 0 radical (unpaired) electrons. The molecule has 0 aliphatic heterocycles. The van der Waals surface area contributed by atoms with Crippen LogP contribution in [0.25, 0.3) is 0 Å². The fraction of sp³-hybridized carbons (Fsp3) is 0.636. The van der Waals surface area contributed by atoms with E-state index in [-0.39, 0.29) is 5.92 Å². The average molecular weight is 224 g/mol. The van der Waals surface area contributed by atoms with E-state index in [0.29, 0.717) is 12.0 Å². The highest BCUT2D eigenvalue weighted by Gasteiger charge is 2.34. The lowest BCUT2D eigenvalue weighted by Gasteiger charge is -2.13. The zero-order chi connectivity index (χ0) is 12.2. The zero-order valence-corrected chi connectivity index (χ0v) is 9.37. The first kappa shape index (κ1) is 14.2. The lowest BCUT2D eigenvalue weighted by atomic mass is 9.98. The monoisotopic (exact) mass is 224 g/mol. The molecule has 0 N–H and O–H groups in total. The van der Waals surface area contributed by atoms with Crippen molar-refractivity contribution in [1.29, 1.82) is 0 Å². The second kappa shape index (κ2) is 5.33. The van der Waals surface area contributed by atoms with Crippen molar-refractivity contribution in [3.63, 3.8) is 0 Å². The van der Waals surface area contributed by atoms with Crippen LogP contribution >= 0.6 is 0 Å². The minimum Gasteiger partial charge on any atom is -0.211 e. The van der Waals surface area contributed by atoms with Crippen LogP contribution in [-0.4, -0.2) is 6.18 Å². The minimum atomic E-state index is -4.62. The molecule has 88 valence electrons. The lowest BCUT2D eigenvalue weighted by molar-refractivity contribution is -0.0900. The van der Waals surface area contributed by atoms with Crippen molar-refractivity contribution in [2.24, 2.45) is 5.92 Å². The Labute approximate surface area is 87.7 Å². The first-order valence-corrected chi connectivity index (χ1v) is 4.84. The summed E-state index contributed by atoms with van der Waals surface area (Å²) in [5.74, 6) is -1.19. The third-order valence-corrected chi connectivity index (χ3v) is 2.16. The van der Waals surface area contributed by atoms with Gasteiger partial charge < -0.3 is 0 Å². The fourth-order valence-electron chi connectivity index (χ4n) is 1.24. The quantitative estimate of drug-likeness (QED) is 0.478. The number of hydrogen-bond acceptors (Lipinski definition) is 0. The van der Waals surface area contributed by atoms with Crippen LogP contribution < -0.4 is 0 Å². The van der Waals surface area contributed by atoms with Crippen molar-refractivity contribution in [2.45, 2.75) is 40.3 Å². The Morgan fingerprint density at radius 2 is 1.73 bits per heavy atom. The van der Waals surface area contributed by atoms with E-state index < -0.39 is 17.6 Å². The maximum absolute atomic E-state index is 12.7. The standard InChI is InChI=1S/C11H16F4/c1-5-9(7(2)3)6-10(8(4)12)11(13,14)15/h6-7H,5H2,1-4H3/b9-6+,10-8-. The maximum Gasteiger partial charge on any atom is 0.418 e. The van der Waals surface area contributed by atoms with Gasteiger partial charge >= 0.3 is 6.18 Å². The first-order valence-electron chi connectivity index (χ1n) is 4.84. The van der Waals surface area contributed by atoms with Gasteiger partial charge in [0.15, 0.2) is 0 Å². The van der Waals surface area contributed by atoms with Crippen LogP contribution in [0.4, 0.5) is 17.6 Å². The van der Waals surface area contributed by atoms with Crippen LogP contribution in [0.3, 0.4) is 0 Å². The summed E-state index contributed by atoms with van der Waals surface area (Å²) in [4.78, 5) is 0. The summed E-state index contributed by atoms with van der Waals surface area (Å²) in [7, 11) is 0. The smallest absolute Gasteiger partial charge is 0.211 e. The molecule has 0 nitrogen and oxygen atoms in total. The molecular formula is C11H16F4. The van der Waals surface area contributed by atoms with Crippen LogP contribution in [-0.2, 0) is 0 Å². The number of hydrogen-bond donors (Lipinski definition) is 0. The molecule has 0 bridgehead atoms. The van der Waals surface area contributed by atoms with Gasteiger partial charge in [0.05, 0.1) is 5.57 Å². The van der Waals surface area contributed by atoms with Crippen molar-refractivity contribution < 1.29 is 17.6 Å². The first-order chi connectivity index (χ1) is 6.70. The normalized spacial score (nSPS) is 15.7. The minimum absolute atomic E-state index is 0.00769. The molecule has 0 fully saturated rings. The zero-order valence-electron chi connectivity index (χ0n) is 9.37. The number of allylic oxidation sites excluding steroid dienone is 4. The maximum atomic E-state index is 12.7. The van der Waals surface area contributed by atoms with E-state index in [1.807, 2.05) is 0 Å². The highest BCUT2D eigenvalue weighted by Crippen LogP contribution is 2.32. The van der Waals surface area contributed by atoms with Crippen LogP contribution in [0.2, 0.25) is 0 Å². The van der Waals surface area contributed by atoms with Crippen molar-refractivity contribution in [2.75, 3.05) is 0 Å². The molecule has 4 heteroatoms. The van der Waals surface area contributed by atoms with Crippen molar-refractivity contribution in [1.82, 2.24) is 0 Å². The Hall–Kier alpha value is -0.800. The molecule has 0 aromatic rings. The molecule has 15 heavy (non-hydrogen) atoms. The molecule has 0 atom stereocenters. The van der Waals surface area contributed by atoms with Gasteiger partial charge in [0.25, 0.3) is 0 Å². The van der Waals surface area contributed by atoms with Crippen molar-refractivity contribution in [3.05, 3.63) is 23.0 Å². The topological polar surface area (TPSA) is 0 Å². The predicted molar refractivity (Wildman–Crippen MR) is 53.1 cm³/mol. The summed E-state index contributed by atoms with van der Waals surface area (Å²) < 4.78 is 49.9. The molecule has 0 heterocycles.